The lowest BCUT2D eigenvalue weighted by Crippen LogP contribution is -2.56. The molecule has 0 saturated heterocycles. The second kappa shape index (κ2) is 9.04. The third-order valence-electron chi connectivity index (χ3n) is 4.88. The molecule has 0 aliphatic heterocycles. The van der Waals surface area contributed by atoms with Gasteiger partial charge < -0.3 is 9.84 Å². The van der Waals surface area contributed by atoms with E-state index in [0.29, 0.717) is 10.4 Å². The summed E-state index contributed by atoms with van der Waals surface area (Å²) in [6.45, 7) is 1.91. The maximum absolute atomic E-state index is 14.1. The fraction of sp³-hybridized carbons (Fsp3) is 0.350. The van der Waals surface area contributed by atoms with E-state index in [0.717, 1.165) is 12.1 Å². The normalized spacial score (nSPS) is 13.8. The van der Waals surface area contributed by atoms with Crippen LogP contribution in [0.4, 0.5) is 22.0 Å². The van der Waals surface area contributed by atoms with Crippen LogP contribution in [0.15, 0.2) is 36.4 Å². The summed E-state index contributed by atoms with van der Waals surface area (Å²) in [5, 5.41) is 10.3. The molecule has 0 bridgehead atoms. The van der Waals surface area contributed by atoms with Gasteiger partial charge in [0.1, 0.15) is 26.3 Å². The average molecular weight is 432 g/mol. The summed E-state index contributed by atoms with van der Waals surface area (Å²) in [5.41, 5.74) is 0.0309. The van der Waals surface area contributed by atoms with Crippen LogP contribution in [-0.2, 0) is 22.7 Å². The van der Waals surface area contributed by atoms with Gasteiger partial charge >= 0.3 is 12.1 Å². The minimum atomic E-state index is -4.39. The van der Waals surface area contributed by atoms with Gasteiger partial charge in [0.25, 0.3) is 0 Å². The van der Waals surface area contributed by atoms with E-state index in [1.807, 2.05) is 0 Å². The van der Waals surface area contributed by atoms with Gasteiger partial charge in [-0.3, -0.25) is 4.79 Å². The topological polar surface area (TPSA) is 46.5 Å². The molecule has 0 heterocycles. The monoisotopic (exact) mass is 432 g/mol. The molecule has 2 aromatic rings. The molecule has 29 heavy (non-hydrogen) atoms. The first-order valence-electron chi connectivity index (χ1n) is 8.85. The third-order valence-corrected chi connectivity index (χ3v) is 9.30. The molecule has 0 aliphatic carbocycles. The minimum Gasteiger partial charge on any atom is -0.461 e. The molecule has 0 aromatic heterocycles. The molecule has 1 N–H and O–H groups in total. The number of hydrogen-bond donors (Lipinski definition) is 1. The Morgan fingerprint density at radius 2 is 1.55 bits per heavy atom. The Morgan fingerprint density at radius 1 is 1.03 bits per heavy atom. The second-order valence-electron chi connectivity index (χ2n) is 7.00. The Labute approximate surface area is 166 Å². The van der Waals surface area contributed by atoms with Gasteiger partial charge in [0, 0.05) is 24.5 Å². The molecule has 3 nitrogen and oxygen atoms in total. The van der Waals surface area contributed by atoms with Crippen molar-refractivity contribution in [3.63, 3.8) is 0 Å². The van der Waals surface area contributed by atoms with Gasteiger partial charge in [0.05, 0.1) is 6.61 Å². The summed E-state index contributed by atoms with van der Waals surface area (Å²) >= 11 is 0. The lowest BCUT2D eigenvalue weighted by molar-refractivity contribution is -0.142. The number of alkyl halides is 3. The zero-order valence-corrected chi connectivity index (χ0v) is 16.9. The van der Waals surface area contributed by atoms with Crippen molar-refractivity contribution in [1.29, 1.82) is 0 Å². The van der Waals surface area contributed by atoms with Crippen molar-refractivity contribution >= 4 is 24.4 Å². The number of benzene rings is 2. The van der Waals surface area contributed by atoms with Gasteiger partial charge in [-0.25, -0.2) is 8.78 Å². The van der Waals surface area contributed by atoms with Crippen LogP contribution in [0.25, 0.3) is 0 Å². The highest BCUT2D eigenvalue weighted by atomic mass is 28.3. The molecule has 1 atom stereocenters. The first kappa shape index (κ1) is 23.0. The number of esters is 1. The van der Waals surface area contributed by atoms with Gasteiger partial charge in [-0.2, -0.15) is 13.2 Å². The van der Waals surface area contributed by atoms with E-state index in [4.69, 9.17) is 4.74 Å². The predicted molar refractivity (Wildman–Crippen MR) is 101 cm³/mol. The molecule has 2 rings (SSSR count). The Morgan fingerprint density at radius 3 is 2.03 bits per heavy atom. The number of carbonyl (C=O) groups is 1. The molecular formula is C20H21F5O3Si. The molecule has 0 amide bonds. The van der Waals surface area contributed by atoms with E-state index in [-0.39, 0.29) is 23.8 Å². The molecule has 2 aromatic carbocycles. The SMILES string of the molecule is CC(=O)OCc1cc([Si@@](C)(CCC(F)(F)F)c2ccc(F)c(CO)c2)ccc1F. The van der Waals surface area contributed by atoms with Gasteiger partial charge in [0.15, 0.2) is 0 Å². The standard InChI is InChI=1S/C20H21F5O3Si/c1-13(27)28-12-15-10-17(4-6-19(15)22)29(2,8-7-20(23,24)25)16-3-5-18(21)14(9-16)11-26/h3-6,9-10,26H,7-8,11-12H2,1-2H3/t29-/m0/s1. The van der Waals surface area contributed by atoms with Crippen LogP contribution in [0.1, 0.15) is 24.5 Å². The summed E-state index contributed by atoms with van der Waals surface area (Å²) in [7, 11) is -3.10. The third kappa shape index (κ3) is 5.86. The summed E-state index contributed by atoms with van der Waals surface area (Å²) in [5.74, 6) is -1.91. The molecule has 9 heteroatoms. The molecule has 0 unspecified atom stereocenters. The molecule has 0 radical (unpaired) electrons. The van der Waals surface area contributed by atoms with Crippen LogP contribution >= 0.6 is 0 Å². The van der Waals surface area contributed by atoms with E-state index >= 15 is 0 Å². The molecule has 0 fully saturated rings. The molecule has 0 aliphatic rings. The lowest BCUT2D eigenvalue weighted by atomic mass is 10.2. The smallest absolute Gasteiger partial charge is 0.388 e. The van der Waals surface area contributed by atoms with E-state index in [1.54, 1.807) is 6.55 Å². The number of halogens is 5. The maximum Gasteiger partial charge on any atom is 0.388 e. The second-order valence-corrected chi connectivity index (χ2v) is 11.3. The number of aliphatic hydroxyl groups is 1. The molecule has 0 spiro atoms. The van der Waals surface area contributed by atoms with Crippen LogP contribution in [-0.4, -0.2) is 25.3 Å². The molecule has 158 valence electrons. The van der Waals surface area contributed by atoms with Crippen molar-refractivity contribution < 1.29 is 36.6 Å². The number of rotatable bonds is 7. The van der Waals surface area contributed by atoms with E-state index < -0.39 is 44.9 Å². The summed E-state index contributed by atoms with van der Waals surface area (Å²) < 4.78 is 71.7. The molecular weight excluding hydrogens is 411 g/mol. The van der Waals surface area contributed by atoms with E-state index in [1.165, 1.54) is 31.2 Å². The van der Waals surface area contributed by atoms with Crippen molar-refractivity contribution in [2.24, 2.45) is 0 Å². The number of aliphatic hydroxyl groups excluding tert-OH is 1. The van der Waals surface area contributed by atoms with Crippen LogP contribution in [0.3, 0.4) is 0 Å². The first-order chi connectivity index (χ1) is 13.5. The van der Waals surface area contributed by atoms with Crippen LogP contribution in [0.2, 0.25) is 12.6 Å². The van der Waals surface area contributed by atoms with Crippen LogP contribution in [0, 0.1) is 11.6 Å². The molecule has 0 saturated carbocycles. The largest absolute Gasteiger partial charge is 0.461 e. The average Bonchev–Trinajstić information content (AvgIpc) is 2.65. The van der Waals surface area contributed by atoms with Crippen molar-refractivity contribution in [3.05, 3.63) is 59.2 Å². The highest BCUT2D eigenvalue weighted by Crippen LogP contribution is 2.27. The summed E-state index contributed by atoms with van der Waals surface area (Å²) in [6, 6.07) is 7.59. The van der Waals surface area contributed by atoms with E-state index in [2.05, 4.69) is 0 Å². The zero-order chi connectivity index (χ0) is 21.8. The van der Waals surface area contributed by atoms with Gasteiger partial charge in [-0.05, 0) is 18.2 Å². The fourth-order valence-corrected chi connectivity index (χ4v) is 6.68. The fourth-order valence-electron chi connectivity index (χ4n) is 3.09. The number of ether oxygens (including phenoxy) is 1. The lowest BCUT2D eigenvalue weighted by Gasteiger charge is -2.30. The van der Waals surface area contributed by atoms with Crippen molar-refractivity contribution in [1.82, 2.24) is 0 Å². The van der Waals surface area contributed by atoms with Gasteiger partial charge in [0.2, 0.25) is 0 Å². The summed E-state index contributed by atoms with van der Waals surface area (Å²) in [6.07, 6.45) is -5.45. The van der Waals surface area contributed by atoms with Crippen LogP contribution < -0.4 is 10.4 Å². The predicted octanol–water partition coefficient (Wildman–Crippen LogP) is 3.67. The first-order valence-corrected chi connectivity index (χ1v) is 11.6. The minimum absolute atomic E-state index is 0.0181. The number of hydrogen-bond acceptors (Lipinski definition) is 3. The van der Waals surface area contributed by atoms with Gasteiger partial charge in [-0.15, -0.1) is 0 Å². The van der Waals surface area contributed by atoms with Gasteiger partial charge in [-0.1, -0.05) is 41.2 Å². The van der Waals surface area contributed by atoms with E-state index in [9.17, 15) is 31.9 Å². The zero-order valence-electron chi connectivity index (χ0n) is 15.9. The number of carbonyl (C=O) groups excluding carboxylic acids is 1. The Balaban J connectivity index is 2.55. The highest BCUT2D eigenvalue weighted by Gasteiger charge is 2.38. The summed E-state index contributed by atoms with van der Waals surface area (Å²) in [4.78, 5) is 11.0. The Hall–Kier alpha value is -2.26. The Kier molecular flexibility index (Phi) is 7.18. The van der Waals surface area contributed by atoms with Crippen molar-refractivity contribution in [3.8, 4) is 0 Å². The van der Waals surface area contributed by atoms with Crippen molar-refractivity contribution in [2.45, 2.75) is 45.3 Å². The highest BCUT2D eigenvalue weighted by molar-refractivity contribution is 7.01. The Bertz CT molecular complexity index is 885. The van der Waals surface area contributed by atoms with Crippen molar-refractivity contribution in [2.75, 3.05) is 0 Å². The quantitative estimate of drug-likeness (QED) is 0.413. The maximum atomic E-state index is 14.1. The van der Waals surface area contributed by atoms with Crippen LogP contribution in [0.5, 0.6) is 0 Å².